The van der Waals surface area contributed by atoms with Crippen LogP contribution in [-0.4, -0.2) is 61.2 Å². The molecule has 0 aromatic heterocycles. The van der Waals surface area contributed by atoms with E-state index in [9.17, 15) is 30.0 Å². The van der Waals surface area contributed by atoms with Crippen LogP contribution in [0.15, 0.2) is 22.8 Å². The highest BCUT2D eigenvalue weighted by atomic mass is 16.6. The predicted molar refractivity (Wildman–Crippen MR) is 128 cm³/mol. The number of carbonyl (C=O) groups is 2. The number of ketones is 1. The Morgan fingerprint density at radius 3 is 2.37 bits per heavy atom. The second kappa shape index (κ2) is 7.50. The number of fused-ring (bicyclic) bond motifs is 5. The van der Waals surface area contributed by atoms with Crippen molar-refractivity contribution in [2.24, 2.45) is 22.7 Å². The number of cyclic esters (lactones) is 1. The lowest BCUT2D eigenvalue weighted by molar-refractivity contribution is -0.279. The lowest BCUT2D eigenvalue weighted by Crippen LogP contribution is -2.72. The van der Waals surface area contributed by atoms with Gasteiger partial charge < -0.3 is 25.2 Å². The van der Waals surface area contributed by atoms with Gasteiger partial charge in [0.1, 0.15) is 23.1 Å². The molecule has 7 heteroatoms. The topological polar surface area (TPSA) is 124 Å². The molecule has 0 aromatic carbocycles. The fourth-order valence-electron chi connectivity index (χ4n) is 8.74. The third-order valence-electron chi connectivity index (χ3n) is 11.4. The quantitative estimate of drug-likeness (QED) is 0.348. The average molecular weight is 489 g/mol. The number of carbonyl (C=O) groups excluding carboxylic acids is 2. The molecular weight excluding hydrogens is 448 g/mol. The zero-order chi connectivity index (χ0) is 25.8. The van der Waals surface area contributed by atoms with Gasteiger partial charge in [0.25, 0.3) is 0 Å². The van der Waals surface area contributed by atoms with E-state index in [1.54, 1.807) is 6.92 Å². The van der Waals surface area contributed by atoms with Crippen LogP contribution < -0.4 is 0 Å². The molecule has 5 rings (SSSR count). The molecule has 0 amide bonds. The number of esters is 1. The smallest absolute Gasteiger partial charge is 0.334 e. The molecule has 7 nitrogen and oxygen atoms in total. The molecule has 1 heterocycles. The first kappa shape index (κ1) is 25.1. The van der Waals surface area contributed by atoms with Gasteiger partial charge in [0.2, 0.25) is 0 Å². The molecule has 0 saturated heterocycles. The molecule has 9 atom stereocenters. The first-order valence-corrected chi connectivity index (χ1v) is 13.1. The van der Waals surface area contributed by atoms with Gasteiger partial charge in [-0.3, -0.25) is 4.79 Å². The third-order valence-corrected chi connectivity index (χ3v) is 11.4. The van der Waals surface area contributed by atoms with E-state index in [1.165, 1.54) is 6.92 Å². The van der Waals surface area contributed by atoms with Crippen LogP contribution in [0.2, 0.25) is 0 Å². The number of aliphatic hydroxyl groups is 4. The molecule has 1 aliphatic heterocycles. The van der Waals surface area contributed by atoms with E-state index in [4.69, 9.17) is 4.74 Å². The van der Waals surface area contributed by atoms with E-state index in [0.29, 0.717) is 44.1 Å². The van der Waals surface area contributed by atoms with Crippen molar-refractivity contribution >= 4 is 11.8 Å². The Hall–Kier alpha value is -1.54. The summed E-state index contributed by atoms with van der Waals surface area (Å²) in [4.78, 5) is 25.7. The molecule has 5 aliphatic rings. The van der Waals surface area contributed by atoms with Crippen LogP contribution in [0, 0.1) is 22.7 Å². The number of hydrogen-bond donors (Lipinski definition) is 4. The van der Waals surface area contributed by atoms with E-state index < -0.39 is 45.8 Å². The van der Waals surface area contributed by atoms with Crippen LogP contribution in [-0.2, 0) is 14.3 Å². The summed E-state index contributed by atoms with van der Waals surface area (Å²) >= 11 is 0. The maximum Gasteiger partial charge on any atom is 0.334 e. The molecule has 3 saturated carbocycles. The molecule has 4 aliphatic carbocycles. The molecule has 0 aromatic rings. The van der Waals surface area contributed by atoms with Crippen molar-refractivity contribution in [1.29, 1.82) is 0 Å². The van der Waals surface area contributed by atoms with Crippen molar-refractivity contribution in [3.63, 3.8) is 0 Å². The minimum atomic E-state index is -1.78. The summed E-state index contributed by atoms with van der Waals surface area (Å²) in [5, 5.41) is 46.7. The molecule has 0 radical (unpaired) electrons. The number of Topliss-reactive ketones (excluding diaryl/α,β-unsaturated/α-hetero) is 1. The first-order chi connectivity index (χ1) is 16.1. The van der Waals surface area contributed by atoms with Crippen LogP contribution in [0.25, 0.3) is 0 Å². The summed E-state index contributed by atoms with van der Waals surface area (Å²) < 4.78 is 5.62. The van der Waals surface area contributed by atoms with E-state index >= 15 is 0 Å². The van der Waals surface area contributed by atoms with Gasteiger partial charge in [-0.05, 0) is 78.1 Å². The second-order valence-corrected chi connectivity index (χ2v) is 12.7. The lowest BCUT2D eigenvalue weighted by atomic mass is 9.44. The number of ether oxygens (including phenoxy) is 1. The van der Waals surface area contributed by atoms with Crippen LogP contribution in [0.1, 0.15) is 86.0 Å². The Bertz CT molecular complexity index is 1040. The summed E-state index contributed by atoms with van der Waals surface area (Å²) in [6, 6.07) is 0. The second-order valence-electron chi connectivity index (χ2n) is 12.7. The van der Waals surface area contributed by atoms with E-state index in [1.807, 2.05) is 26.8 Å². The van der Waals surface area contributed by atoms with Crippen molar-refractivity contribution in [3.05, 3.63) is 22.8 Å². The van der Waals surface area contributed by atoms with Gasteiger partial charge in [-0.1, -0.05) is 24.1 Å². The van der Waals surface area contributed by atoms with Crippen molar-refractivity contribution in [1.82, 2.24) is 0 Å². The first-order valence-electron chi connectivity index (χ1n) is 13.1. The zero-order valence-electron chi connectivity index (χ0n) is 21.6. The number of rotatable bonds is 2. The highest BCUT2D eigenvalue weighted by molar-refractivity contribution is 5.90. The maximum atomic E-state index is 13.2. The maximum absolute atomic E-state index is 13.2. The van der Waals surface area contributed by atoms with Gasteiger partial charge in [-0.25, -0.2) is 4.79 Å². The third kappa shape index (κ3) is 2.93. The molecule has 4 N–H and O–H groups in total. The van der Waals surface area contributed by atoms with Gasteiger partial charge in [0, 0.05) is 23.8 Å². The molecular formula is C28H40O7. The van der Waals surface area contributed by atoms with E-state index in [-0.39, 0.29) is 30.5 Å². The Kier molecular flexibility index (Phi) is 5.38. The molecule has 0 bridgehead atoms. The van der Waals surface area contributed by atoms with Crippen molar-refractivity contribution < 1.29 is 34.8 Å². The molecule has 194 valence electrons. The number of aliphatic hydroxyl groups excluding tert-OH is 1. The number of allylic oxidation sites excluding steroid dienone is 1. The molecule has 3 fully saturated rings. The lowest BCUT2D eigenvalue weighted by Gasteiger charge is -2.63. The monoisotopic (exact) mass is 488 g/mol. The minimum Gasteiger partial charge on any atom is -0.455 e. The van der Waals surface area contributed by atoms with E-state index in [0.717, 1.165) is 11.1 Å². The Balaban J connectivity index is 1.53. The summed E-state index contributed by atoms with van der Waals surface area (Å²) in [7, 11) is 0. The van der Waals surface area contributed by atoms with Crippen molar-refractivity contribution in [3.8, 4) is 0 Å². The average Bonchev–Trinajstić information content (AvgIpc) is 3.01. The molecule has 0 spiro atoms. The van der Waals surface area contributed by atoms with Gasteiger partial charge in [0.05, 0.1) is 17.1 Å². The van der Waals surface area contributed by atoms with Crippen LogP contribution in [0.3, 0.4) is 0 Å². The zero-order valence-corrected chi connectivity index (χ0v) is 21.6. The van der Waals surface area contributed by atoms with Crippen molar-refractivity contribution in [2.75, 3.05) is 0 Å². The highest BCUT2D eigenvalue weighted by Crippen LogP contribution is 2.70. The van der Waals surface area contributed by atoms with Crippen LogP contribution in [0.5, 0.6) is 0 Å². The Labute approximate surface area is 207 Å². The SMILES string of the molecule is CC1=C(C)C(=O)OC(C(C)(O)C2(O)CCC3(O)C4CC=C5CC(O)CC(=O)C5(C)C4CCC32C)C1. The van der Waals surface area contributed by atoms with Gasteiger partial charge in [-0.15, -0.1) is 0 Å². The molecule has 9 unspecified atom stereocenters. The van der Waals surface area contributed by atoms with Gasteiger partial charge in [0.15, 0.2) is 0 Å². The highest BCUT2D eigenvalue weighted by Gasteiger charge is 2.76. The van der Waals surface area contributed by atoms with Crippen LogP contribution >= 0.6 is 0 Å². The van der Waals surface area contributed by atoms with Crippen molar-refractivity contribution in [2.45, 2.75) is 115 Å². The summed E-state index contributed by atoms with van der Waals surface area (Å²) in [6.45, 7) is 8.90. The Morgan fingerprint density at radius 1 is 1.03 bits per heavy atom. The Morgan fingerprint density at radius 2 is 1.71 bits per heavy atom. The normalized spacial score (nSPS) is 49.5. The fourth-order valence-corrected chi connectivity index (χ4v) is 8.74. The standard InChI is InChI=1S/C28H40O7/c1-15-12-22(35-23(31)16(15)2)26(5,32)28(34)11-10-27(33)20-7-6-17-13-18(29)14-21(30)25(17,4)19(20)8-9-24(27,28)3/h6,18-20,22,29,32-34H,7-14H2,1-5H3. The van der Waals surface area contributed by atoms with E-state index in [2.05, 4.69) is 0 Å². The summed E-state index contributed by atoms with van der Waals surface area (Å²) in [5.74, 6) is -0.804. The summed E-state index contributed by atoms with van der Waals surface area (Å²) in [6.07, 6.45) is 3.50. The predicted octanol–water partition coefficient (Wildman–Crippen LogP) is 2.74. The molecule has 35 heavy (non-hydrogen) atoms. The largest absolute Gasteiger partial charge is 0.455 e. The van der Waals surface area contributed by atoms with Crippen LogP contribution in [0.4, 0.5) is 0 Å². The van der Waals surface area contributed by atoms with Gasteiger partial charge in [-0.2, -0.15) is 0 Å². The minimum absolute atomic E-state index is 0.0245. The van der Waals surface area contributed by atoms with Gasteiger partial charge >= 0.3 is 5.97 Å². The number of hydrogen-bond acceptors (Lipinski definition) is 7. The summed E-state index contributed by atoms with van der Waals surface area (Å²) in [5.41, 5.74) is -4.21. The fraction of sp³-hybridized carbons (Fsp3) is 0.786.